The molecule has 4 heteroatoms. The summed E-state index contributed by atoms with van der Waals surface area (Å²) in [6, 6.07) is 9.95. The fraction of sp³-hybridized carbons (Fsp3) is 0.412. The summed E-state index contributed by atoms with van der Waals surface area (Å²) >= 11 is 0. The average molecular weight is 284 g/mol. The Morgan fingerprint density at radius 1 is 1.29 bits per heavy atom. The van der Waals surface area contributed by atoms with Crippen LogP contribution in [-0.4, -0.2) is 41.1 Å². The first-order valence-electron chi connectivity index (χ1n) is 7.39. The highest BCUT2D eigenvalue weighted by molar-refractivity contribution is 5.83. The van der Waals surface area contributed by atoms with Crippen LogP contribution in [0.4, 0.5) is 0 Å². The molecule has 2 heterocycles. The molecule has 1 aliphatic heterocycles. The van der Waals surface area contributed by atoms with E-state index in [-0.39, 0.29) is 18.1 Å². The molecule has 1 aromatic heterocycles. The quantitative estimate of drug-likeness (QED) is 0.850. The van der Waals surface area contributed by atoms with Crippen molar-refractivity contribution in [2.75, 3.05) is 13.1 Å². The Balaban J connectivity index is 1.73. The molecular weight excluding hydrogens is 264 g/mol. The van der Waals surface area contributed by atoms with Crippen molar-refractivity contribution >= 4 is 16.8 Å². The zero-order valence-corrected chi connectivity index (χ0v) is 12.5. The zero-order valence-electron chi connectivity index (χ0n) is 12.5. The number of nitrogens with zero attached hydrogens (tertiary/aromatic N) is 2. The molecule has 0 N–H and O–H groups in total. The highest BCUT2D eigenvalue weighted by Crippen LogP contribution is 2.16. The van der Waals surface area contributed by atoms with Gasteiger partial charge in [0.2, 0.25) is 5.91 Å². The first-order valence-corrected chi connectivity index (χ1v) is 7.39. The Hall–Kier alpha value is -1.94. The molecule has 21 heavy (non-hydrogen) atoms. The van der Waals surface area contributed by atoms with Crippen LogP contribution in [0.3, 0.4) is 0 Å². The minimum atomic E-state index is 0.110. The van der Waals surface area contributed by atoms with Crippen LogP contribution in [-0.2, 0) is 16.0 Å². The van der Waals surface area contributed by atoms with E-state index in [0.717, 1.165) is 16.5 Å². The second-order valence-corrected chi connectivity index (χ2v) is 5.76. The number of hydrogen-bond acceptors (Lipinski definition) is 3. The third kappa shape index (κ3) is 3.22. The maximum Gasteiger partial charge on any atom is 0.227 e. The van der Waals surface area contributed by atoms with Crippen LogP contribution in [0.1, 0.15) is 19.4 Å². The Morgan fingerprint density at radius 3 is 2.81 bits per heavy atom. The van der Waals surface area contributed by atoms with Gasteiger partial charge in [0.05, 0.1) is 24.1 Å². The van der Waals surface area contributed by atoms with E-state index < -0.39 is 0 Å². The molecule has 0 spiro atoms. The van der Waals surface area contributed by atoms with Crippen molar-refractivity contribution in [2.45, 2.75) is 32.5 Å². The molecule has 1 fully saturated rings. The van der Waals surface area contributed by atoms with Crippen LogP contribution >= 0.6 is 0 Å². The van der Waals surface area contributed by atoms with Gasteiger partial charge in [0.1, 0.15) is 0 Å². The summed E-state index contributed by atoms with van der Waals surface area (Å²) in [6.45, 7) is 5.38. The smallest absolute Gasteiger partial charge is 0.227 e. The van der Waals surface area contributed by atoms with Crippen molar-refractivity contribution < 1.29 is 9.53 Å². The normalized spacial score (nSPS) is 22.5. The second kappa shape index (κ2) is 5.82. The summed E-state index contributed by atoms with van der Waals surface area (Å²) in [6.07, 6.45) is 2.44. The molecule has 2 aromatic rings. The largest absolute Gasteiger partial charge is 0.372 e. The maximum atomic E-state index is 12.4. The van der Waals surface area contributed by atoms with Crippen molar-refractivity contribution in [2.24, 2.45) is 0 Å². The molecule has 1 aliphatic rings. The van der Waals surface area contributed by atoms with E-state index in [1.54, 1.807) is 6.20 Å². The lowest BCUT2D eigenvalue weighted by molar-refractivity contribution is -0.142. The van der Waals surface area contributed by atoms with E-state index in [1.807, 2.05) is 49.1 Å². The van der Waals surface area contributed by atoms with E-state index in [9.17, 15) is 4.79 Å². The van der Waals surface area contributed by atoms with Crippen molar-refractivity contribution in [1.82, 2.24) is 9.88 Å². The van der Waals surface area contributed by atoms with Crippen LogP contribution in [0.5, 0.6) is 0 Å². The van der Waals surface area contributed by atoms with Gasteiger partial charge >= 0.3 is 0 Å². The molecule has 0 radical (unpaired) electrons. The first kappa shape index (κ1) is 14.0. The molecule has 1 saturated heterocycles. The van der Waals surface area contributed by atoms with Crippen LogP contribution in [0.2, 0.25) is 0 Å². The minimum Gasteiger partial charge on any atom is -0.372 e. The van der Waals surface area contributed by atoms with Crippen molar-refractivity contribution in [1.29, 1.82) is 0 Å². The number of ether oxygens (including phenoxy) is 1. The van der Waals surface area contributed by atoms with E-state index >= 15 is 0 Å². The molecule has 4 nitrogen and oxygen atoms in total. The van der Waals surface area contributed by atoms with Crippen LogP contribution < -0.4 is 0 Å². The Morgan fingerprint density at radius 2 is 2.05 bits per heavy atom. The van der Waals surface area contributed by atoms with Crippen LogP contribution in [0.15, 0.2) is 36.5 Å². The zero-order chi connectivity index (χ0) is 14.8. The van der Waals surface area contributed by atoms with E-state index in [0.29, 0.717) is 19.5 Å². The third-order valence-corrected chi connectivity index (χ3v) is 3.80. The van der Waals surface area contributed by atoms with Gasteiger partial charge in [0.25, 0.3) is 0 Å². The maximum absolute atomic E-state index is 12.4. The molecule has 3 rings (SSSR count). The molecule has 110 valence electrons. The summed E-state index contributed by atoms with van der Waals surface area (Å²) in [5.74, 6) is 0.167. The number of morpholine rings is 1. The number of hydrogen-bond donors (Lipinski definition) is 0. The number of rotatable bonds is 2. The van der Waals surface area contributed by atoms with Gasteiger partial charge in [-0.05, 0) is 37.6 Å². The van der Waals surface area contributed by atoms with Gasteiger partial charge in [-0.2, -0.15) is 0 Å². The molecule has 1 amide bonds. The topological polar surface area (TPSA) is 42.4 Å². The van der Waals surface area contributed by atoms with Gasteiger partial charge in [-0.25, -0.2) is 0 Å². The molecule has 0 unspecified atom stereocenters. The number of carbonyl (C=O) groups is 1. The molecule has 0 saturated carbocycles. The van der Waals surface area contributed by atoms with Gasteiger partial charge in [-0.3, -0.25) is 9.78 Å². The first-order chi connectivity index (χ1) is 10.1. The van der Waals surface area contributed by atoms with Crippen molar-refractivity contribution in [3.05, 3.63) is 42.1 Å². The van der Waals surface area contributed by atoms with Gasteiger partial charge in [-0.1, -0.05) is 12.1 Å². The average Bonchev–Trinajstić information content (AvgIpc) is 2.46. The summed E-state index contributed by atoms with van der Waals surface area (Å²) in [7, 11) is 0. The summed E-state index contributed by atoms with van der Waals surface area (Å²) in [4.78, 5) is 18.7. The van der Waals surface area contributed by atoms with Crippen molar-refractivity contribution in [3.8, 4) is 0 Å². The molecular formula is C17H20N2O2. The fourth-order valence-corrected chi connectivity index (χ4v) is 2.90. The van der Waals surface area contributed by atoms with Crippen molar-refractivity contribution in [3.63, 3.8) is 0 Å². The summed E-state index contributed by atoms with van der Waals surface area (Å²) < 4.78 is 5.67. The number of carbonyl (C=O) groups excluding carboxylic acids is 1. The molecule has 2 atom stereocenters. The minimum absolute atomic E-state index is 0.110. The highest BCUT2D eigenvalue weighted by atomic mass is 16.5. The monoisotopic (exact) mass is 284 g/mol. The lowest BCUT2D eigenvalue weighted by Gasteiger charge is -2.35. The highest BCUT2D eigenvalue weighted by Gasteiger charge is 2.25. The predicted octanol–water partition coefficient (Wildman–Crippen LogP) is 2.41. The molecule has 0 bridgehead atoms. The summed E-state index contributed by atoms with van der Waals surface area (Å²) in [5, 5.41) is 1.08. The van der Waals surface area contributed by atoms with Gasteiger partial charge in [0.15, 0.2) is 0 Å². The van der Waals surface area contributed by atoms with Crippen LogP contribution in [0, 0.1) is 0 Å². The molecule has 1 aromatic carbocycles. The lowest BCUT2D eigenvalue weighted by atomic mass is 10.1. The third-order valence-electron chi connectivity index (χ3n) is 3.80. The number of benzene rings is 1. The predicted molar refractivity (Wildman–Crippen MR) is 82.0 cm³/mol. The number of fused-ring (bicyclic) bond motifs is 1. The van der Waals surface area contributed by atoms with E-state index in [4.69, 9.17) is 4.74 Å². The lowest BCUT2D eigenvalue weighted by Crippen LogP contribution is -2.48. The fourth-order valence-electron chi connectivity index (χ4n) is 2.90. The Labute approximate surface area is 124 Å². The van der Waals surface area contributed by atoms with E-state index in [1.165, 1.54) is 0 Å². The van der Waals surface area contributed by atoms with Gasteiger partial charge in [0, 0.05) is 24.7 Å². The Bertz CT molecular complexity index is 646. The van der Waals surface area contributed by atoms with E-state index in [2.05, 4.69) is 4.98 Å². The van der Waals surface area contributed by atoms with Crippen LogP contribution in [0.25, 0.3) is 10.9 Å². The summed E-state index contributed by atoms with van der Waals surface area (Å²) in [5.41, 5.74) is 2.00. The van der Waals surface area contributed by atoms with Gasteiger partial charge in [-0.15, -0.1) is 0 Å². The Kier molecular flexibility index (Phi) is 3.88. The van der Waals surface area contributed by atoms with Gasteiger partial charge < -0.3 is 9.64 Å². The number of pyridine rings is 1. The number of aromatic nitrogens is 1. The SMILES string of the molecule is C[C@H]1CN(C(=O)Cc2ccc3ncccc3c2)C[C@H](C)O1. The standard InChI is InChI=1S/C17H20N2O2/c1-12-10-19(11-13(2)21-12)17(20)9-14-5-6-16-15(8-14)4-3-7-18-16/h3-8,12-13H,9-11H2,1-2H3/t12-,13-/m0/s1. The molecule has 0 aliphatic carbocycles. The number of amides is 1. The second-order valence-electron chi connectivity index (χ2n) is 5.76.